The summed E-state index contributed by atoms with van der Waals surface area (Å²) in [5.74, 6) is 1.13. The molecule has 0 spiro atoms. The van der Waals surface area contributed by atoms with Gasteiger partial charge in [-0.05, 0) is 13.8 Å². The van der Waals surface area contributed by atoms with Crippen LogP contribution < -0.4 is 0 Å². The summed E-state index contributed by atoms with van der Waals surface area (Å²) in [7, 11) is 1.56. The van der Waals surface area contributed by atoms with E-state index in [1.54, 1.807) is 7.11 Å². The van der Waals surface area contributed by atoms with Crippen LogP contribution in [0.1, 0.15) is 13.8 Å². The number of carbonyl (C=O) groups excluding carboxylic acids is 1. The minimum atomic E-state index is -0.345. The first kappa shape index (κ1) is 10.1. The first-order valence-electron chi connectivity index (χ1n) is 4.90. The predicted molar refractivity (Wildman–Crippen MR) is 52.8 cm³/mol. The van der Waals surface area contributed by atoms with Crippen LogP contribution >= 0.6 is 0 Å². The molecule has 0 saturated carbocycles. The maximum atomic E-state index is 11.3. The van der Waals surface area contributed by atoms with Crippen LogP contribution in [0.5, 0.6) is 0 Å². The Balaban J connectivity index is 2.35. The Morgan fingerprint density at radius 1 is 1.47 bits per heavy atom. The van der Waals surface area contributed by atoms with Crippen LogP contribution in [0.3, 0.4) is 0 Å². The van der Waals surface area contributed by atoms with E-state index in [2.05, 4.69) is 0 Å². The third-order valence-corrected chi connectivity index (χ3v) is 2.93. The van der Waals surface area contributed by atoms with Gasteiger partial charge in [-0.2, -0.15) is 0 Å². The molecule has 2 aliphatic rings. The van der Waals surface area contributed by atoms with E-state index in [4.69, 9.17) is 14.2 Å². The van der Waals surface area contributed by atoms with Crippen molar-refractivity contribution < 1.29 is 19.0 Å². The highest BCUT2D eigenvalue weighted by atomic mass is 16.6. The molecule has 0 bridgehead atoms. The Morgan fingerprint density at radius 3 is 2.87 bits per heavy atom. The van der Waals surface area contributed by atoms with Gasteiger partial charge in [-0.3, -0.25) is 0 Å². The number of hydrogen-bond acceptors (Lipinski definition) is 4. The van der Waals surface area contributed by atoms with Crippen molar-refractivity contribution in [2.24, 2.45) is 5.92 Å². The van der Waals surface area contributed by atoms with E-state index in [0.717, 1.165) is 11.3 Å². The summed E-state index contributed by atoms with van der Waals surface area (Å²) in [4.78, 5) is 11.3. The van der Waals surface area contributed by atoms with Crippen molar-refractivity contribution in [3.8, 4) is 0 Å². The third-order valence-electron chi connectivity index (χ3n) is 2.93. The highest BCUT2D eigenvalue weighted by molar-refractivity contribution is 5.84. The van der Waals surface area contributed by atoms with Gasteiger partial charge in [0.1, 0.15) is 18.5 Å². The molecule has 0 aliphatic carbocycles. The van der Waals surface area contributed by atoms with Crippen molar-refractivity contribution >= 4 is 5.97 Å². The number of rotatable bonds is 1. The molecule has 0 amide bonds. The fourth-order valence-corrected chi connectivity index (χ4v) is 1.91. The minimum absolute atomic E-state index is 0.00333. The van der Waals surface area contributed by atoms with E-state index in [1.165, 1.54) is 6.08 Å². The lowest BCUT2D eigenvalue weighted by atomic mass is 9.90. The fraction of sp³-hybridized carbons (Fsp3) is 0.545. The lowest BCUT2D eigenvalue weighted by Gasteiger charge is -2.35. The average Bonchev–Trinajstić information content (AvgIpc) is 2.23. The molecule has 0 aromatic heterocycles. The van der Waals surface area contributed by atoms with Gasteiger partial charge in [0.05, 0.1) is 24.9 Å². The molecule has 2 atom stereocenters. The number of methoxy groups -OCH3 is 1. The molecule has 82 valence electrons. The maximum absolute atomic E-state index is 11.3. The van der Waals surface area contributed by atoms with Crippen molar-refractivity contribution in [2.75, 3.05) is 13.7 Å². The quantitative estimate of drug-likeness (QED) is 0.613. The molecule has 2 heterocycles. The van der Waals surface area contributed by atoms with Crippen LogP contribution in [-0.4, -0.2) is 25.8 Å². The molecule has 4 heteroatoms. The van der Waals surface area contributed by atoms with Crippen LogP contribution in [-0.2, 0) is 19.0 Å². The molecule has 0 fully saturated rings. The molecular weight excluding hydrogens is 196 g/mol. The zero-order valence-corrected chi connectivity index (χ0v) is 9.07. The lowest BCUT2D eigenvalue weighted by Crippen LogP contribution is -2.39. The number of hydrogen-bond donors (Lipinski definition) is 0. The summed E-state index contributed by atoms with van der Waals surface area (Å²) in [5, 5.41) is 0. The molecular formula is C11H14O4. The molecule has 4 nitrogen and oxygen atoms in total. The van der Waals surface area contributed by atoms with E-state index in [0.29, 0.717) is 12.4 Å². The molecule has 0 saturated heterocycles. The van der Waals surface area contributed by atoms with Gasteiger partial charge in [0.15, 0.2) is 0 Å². The van der Waals surface area contributed by atoms with Gasteiger partial charge < -0.3 is 14.2 Å². The number of esters is 1. The van der Waals surface area contributed by atoms with Crippen molar-refractivity contribution in [1.29, 1.82) is 0 Å². The Bertz CT molecular complexity index is 354. The monoisotopic (exact) mass is 210 g/mol. The molecule has 0 radical (unpaired) electrons. The molecule has 2 unspecified atom stereocenters. The Kier molecular flexibility index (Phi) is 2.42. The van der Waals surface area contributed by atoms with Crippen LogP contribution in [0.15, 0.2) is 23.2 Å². The summed E-state index contributed by atoms with van der Waals surface area (Å²) in [5.41, 5.74) is 0.960. The van der Waals surface area contributed by atoms with Gasteiger partial charge in [-0.1, -0.05) is 0 Å². The number of carbonyl (C=O) groups is 1. The van der Waals surface area contributed by atoms with Crippen LogP contribution in [0.4, 0.5) is 0 Å². The molecule has 2 rings (SSSR count). The predicted octanol–water partition coefficient (Wildman–Crippen LogP) is 1.38. The first-order chi connectivity index (χ1) is 7.13. The van der Waals surface area contributed by atoms with Crippen molar-refractivity contribution in [3.63, 3.8) is 0 Å². The van der Waals surface area contributed by atoms with Crippen LogP contribution in [0.25, 0.3) is 0 Å². The third kappa shape index (κ3) is 1.60. The number of fused-ring (bicyclic) bond motifs is 1. The Hall–Kier alpha value is -1.45. The van der Waals surface area contributed by atoms with E-state index in [1.807, 2.05) is 13.8 Å². The van der Waals surface area contributed by atoms with Gasteiger partial charge in [-0.15, -0.1) is 0 Å². The highest BCUT2D eigenvalue weighted by Gasteiger charge is 2.39. The summed E-state index contributed by atoms with van der Waals surface area (Å²) < 4.78 is 15.9. The molecule has 0 aromatic rings. The van der Waals surface area contributed by atoms with Crippen molar-refractivity contribution in [3.05, 3.63) is 23.2 Å². The molecule has 0 aromatic carbocycles. The van der Waals surface area contributed by atoms with Crippen molar-refractivity contribution in [2.45, 2.75) is 20.0 Å². The zero-order chi connectivity index (χ0) is 11.0. The second kappa shape index (κ2) is 3.61. The van der Waals surface area contributed by atoms with Crippen LogP contribution in [0, 0.1) is 5.92 Å². The van der Waals surface area contributed by atoms with E-state index >= 15 is 0 Å². The fourth-order valence-electron chi connectivity index (χ4n) is 1.91. The van der Waals surface area contributed by atoms with Gasteiger partial charge in [0, 0.05) is 5.57 Å². The van der Waals surface area contributed by atoms with E-state index < -0.39 is 0 Å². The number of ether oxygens (including phenoxy) is 3. The molecule has 0 N–H and O–H groups in total. The number of allylic oxidation sites excluding steroid dienone is 1. The normalized spacial score (nSPS) is 30.1. The van der Waals surface area contributed by atoms with E-state index in [-0.39, 0.29) is 18.0 Å². The Morgan fingerprint density at radius 2 is 2.20 bits per heavy atom. The summed E-state index contributed by atoms with van der Waals surface area (Å²) in [6.45, 7) is 4.29. The maximum Gasteiger partial charge on any atom is 0.334 e. The first-order valence-corrected chi connectivity index (χ1v) is 4.90. The lowest BCUT2D eigenvalue weighted by molar-refractivity contribution is -0.148. The molecule has 2 aliphatic heterocycles. The van der Waals surface area contributed by atoms with Crippen LogP contribution in [0.2, 0.25) is 0 Å². The topological polar surface area (TPSA) is 44.8 Å². The van der Waals surface area contributed by atoms with Crippen molar-refractivity contribution in [1.82, 2.24) is 0 Å². The summed E-state index contributed by atoms with van der Waals surface area (Å²) >= 11 is 0. The summed E-state index contributed by atoms with van der Waals surface area (Å²) in [6, 6.07) is 0. The minimum Gasteiger partial charge on any atom is -0.500 e. The zero-order valence-electron chi connectivity index (χ0n) is 9.07. The highest BCUT2D eigenvalue weighted by Crippen LogP contribution is 2.34. The SMILES string of the molecule is COC1=CC(=O)OC2C(C)=C(C)OCC12. The Labute approximate surface area is 88.5 Å². The smallest absolute Gasteiger partial charge is 0.334 e. The van der Waals surface area contributed by atoms with Gasteiger partial charge >= 0.3 is 5.97 Å². The van der Waals surface area contributed by atoms with Gasteiger partial charge in [0.2, 0.25) is 0 Å². The van der Waals surface area contributed by atoms with E-state index in [9.17, 15) is 4.79 Å². The second-order valence-corrected chi connectivity index (χ2v) is 3.77. The second-order valence-electron chi connectivity index (χ2n) is 3.77. The molecule has 15 heavy (non-hydrogen) atoms. The van der Waals surface area contributed by atoms with Gasteiger partial charge in [0.25, 0.3) is 0 Å². The largest absolute Gasteiger partial charge is 0.500 e. The standard InChI is InChI=1S/C11H14O4/c1-6-7(2)14-5-8-9(13-3)4-10(12)15-11(6)8/h4,8,11H,5H2,1-3H3. The van der Waals surface area contributed by atoms with Gasteiger partial charge in [-0.25, -0.2) is 4.79 Å². The average molecular weight is 210 g/mol. The summed E-state index contributed by atoms with van der Waals surface area (Å²) in [6.07, 6.45) is 1.16.